The monoisotopic (exact) mass is 356 g/mol. The molecule has 5 heteroatoms. The second kappa shape index (κ2) is 5.62. The number of rotatable bonds is 3. The molecule has 1 aliphatic carbocycles. The Morgan fingerprint density at radius 3 is 3.11 bits per heavy atom. The molecule has 2 unspecified atom stereocenters. The van der Waals surface area contributed by atoms with Gasteiger partial charge >= 0.3 is 0 Å². The third-order valence-electron chi connectivity index (χ3n) is 3.81. The van der Waals surface area contributed by atoms with Gasteiger partial charge in [0.1, 0.15) is 0 Å². The molecule has 1 saturated carbocycles. The van der Waals surface area contributed by atoms with Gasteiger partial charge in [-0.05, 0) is 49.0 Å². The largest absolute Gasteiger partial charge is 0.331 e. The molecular formula is C14H17BrN2S2. The Balaban J connectivity index is 2.09. The van der Waals surface area contributed by atoms with Gasteiger partial charge in [0.25, 0.3) is 0 Å². The van der Waals surface area contributed by atoms with Crippen LogP contribution in [0.15, 0.2) is 22.7 Å². The van der Waals surface area contributed by atoms with Gasteiger partial charge in [-0.25, -0.2) is 0 Å². The van der Waals surface area contributed by atoms with E-state index in [1.54, 1.807) is 0 Å². The summed E-state index contributed by atoms with van der Waals surface area (Å²) < 4.78 is 4.30. The summed E-state index contributed by atoms with van der Waals surface area (Å²) in [6.07, 6.45) is 3.87. The molecule has 19 heavy (non-hydrogen) atoms. The summed E-state index contributed by atoms with van der Waals surface area (Å²) in [5.41, 5.74) is 2.37. The third-order valence-corrected chi connectivity index (χ3v) is 5.91. The lowest BCUT2D eigenvalue weighted by atomic mass is 10.2. The van der Waals surface area contributed by atoms with Crippen LogP contribution in [0.3, 0.4) is 0 Å². The maximum absolute atomic E-state index is 5.55. The fraction of sp³-hybridized carbons (Fsp3) is 0.500. The van der Waals surface area contributed by atoms with Gasteiger partial charge in [0.05, 0.1) is 11.0 Å². The van der Waals surface area contributed by atoms with E-state index in [1.165, 1.54) is 30.5 Å². The van der Waals surface area contributed by atoms with Crippen LogP contribution < -0.4 is 0 Å². The summed E-state index contributed by atoms with van der Waals surface area (Å²) in [7, 11) is 0. The molecule has 1 fully saturated rings. The van der Waals surface area contributed by atoms with E-state index in [0.717, 1.165) is 14.8 Å². The van der Waals surface area contributed by atoms with Crippen LogP contribution in [0.1, 0.15) is 32.2 Å². The second-order valence-corrected chi connectivity index (χ2v) is 7.77. The molecule has 1 N–H and O–H groups in total. The van der Waals surface area contributed by atoms with E-state index in [-0.39, 0.29) is 0 Å². The number of benzene rings is 1. The average molecular weight is 357 g/mol. The topological polar surface area (TPSA) is 20.7 Å². The number of H-pyrrole nitrogens is 1. The van der Waals surface area contributed by atoms with Crippen LogP contribution in [0, 0.1) is 4.77 Å². The quantitative estimate of drug-likeness (QED) is 0.752. The van der Waals surface area contributed by atoms with E-state index < -0.39 is 0 Å². The molecule has 1 aromatic heterocycles. The summed E-state index contributed by atoms with van der Waals surface area (Å²) >= 11 is 11.1. The Bertz CT molecular complexity index is 646. The van der Waals surface area contributed by atoms with Crippen molar-refractivity contribution in [2.75, 3.05) is 5.75 Å². The third kappa shape index (κ3) is 2.52. The Labute approximate surface area is 131 Å². The van der Waals surface area contributed by atoms with E-state index in [0.29, 0.717) is 11.3 Å². The van der Waals surface area contributed by atoms with Gasteiger partial charge in [0.2, 0.25) is 0 Å². The van der Waals surface area contributed by atoms with Crippen molar-refractivity contribution in [1.29, 1.82) is 0 Å². The SMILES string of the molecule is CCSC1CCCC1n1c(=S)[nH]c2cc(Br)ccc21. The van der Waals surface area contributed by atoms with E-state index in [2.05, 4.69) is 62.4 Å². The molecule has 2 aromatic rings. The molecule has 0 saturated heterocycles. The fourth-order valence-corrected chi connectivity index (χ4v) is 4.99. The molecule has 2 atom stereocenters. The van der Waals surface area contributed by atoms with Crippen LogP contribution >= 0.6 is 39.9 Å². The Hall–Kier alpha value is -0.260. The summed E-state index contributed by atoms with van der Waals surface area (Å²) in [6.45, 7) is 2.24. The molecule has 2 nitrogen and oxygen atoms in total. The number of aromatic nitrogens is 2. The van der Waals surface area contributed by atoms with Gasteiger partial charge in [0.15, 0.2) is 4.77 Å². The van der Waals surface area contributed by atoms with Crippen LogP contribution in [0.4, 0.5) is 0 Å². The van der Waals surface area contributed by atoms with Gasteiger partial charge in [0, 0.05) is 15.8 Å². The number of hydrogen-bond acceptors (Lipinski definition) is 2. The number of thioether (sulfide) groups is 1. The maximum Gasteiger partial charge on any atom is 0.178 e. The Morgan fingerprint density at radius 1 is 1.47 bits per heavy atom. The van der Waals surface area contributed by atoms with Gasteiger partial charge in [-0.3, -0.25) is 0 Å². The lowest BCUT2D eigenvalue weighted by molar-refractivity contribution is 0.536. The molecule has 0 aliphatic heterocycles. The Morgan fingerprint density at radius 2 is 2.32 bits per heavy atom. The number of halogens is 1. The molecule has 0 spiro atoms. The summed E-state index contributed by atoms with van der Waals surface area (Å²) in [6, 6.07) is 6.92. The molecule has 0 radical (unpaired) electrons. The van der Waals surface area contributed by atoms with Crippen molar-refractivity contribution < 1.29 is 0 Å². The van der Waals surface area contributed by atoms with Gasteiger partial charge < -0.3 is 9.55 Å². The molecule has 1 aliphatic rings. The summed E-state index contributed by atoms with van der Waals surface area (Å²) in [4.78, 5) is 3.35. The van der Waals surface area contributed by atoms with Crippen molar-refractivity contribution in [2.45, 2.75) is 37.5 Å². The number of nitrogens with zero attached hydrogens (tertiary/aromatic N) is 1. The van der Waals surface area contributed by atoms with Crippen molar-refractivity contribution in [3.63, 3.8) is 0 Å². The first kappa shape index (κ1) is 13.7. The standard InChI is InChI=1S/C14H17BrN2S2/c1-2-19-13-5-3-4-12(13)17-11-7-6-9(15)8-10(11)16-14(17)18/h6-8,12-13H,2-5H2,1H3,(H,16,18). The number of hydrogen-bond donors (Lipinski definition) is 1. The molecule has 102 valence electrons. The number of aromatic amines is 1. The predicted molar refractivity (Wildman–Crippen MR) is 89.6 cm³/mol. The minimum atomic E-state index is 0.548. The van der Waals surface area contributed by atoms with Crippen LogP contribution in [-0.2, 0) is 0 Å². The molecule has 0 amide bonds. The fourth-order valence-electron chi connectivity index (χ4n) is 3.04. The first-order valence-corrected chi connectivity index (χ1v) is 8.97. The van der Waals surface area contributed by atoms with Crippen molar-refractivity contribution in [3.05, 3.63) is 27.4 Å². The zero-order valence-electron chi connectivity index (χ0n) is 10.9. The van der Waals surface area contributed by atoms with Gasteiger partial charge in [-0.1, -0.05) is 29.3 Å². The van der Waals surface area contributed by atoms with Crippen LogP contribution in [-0.4, -0.2) is 20.6 Å². The summed E-state index contributed by atoms with van der Waals surface area (Å²) in [5, 5.41) is 0.708. The highest BCUT2D eigenvalue weighted by atomic mass is 79.9. The molecule has 3 rings (SSSR count). The van der Waals surface area contributed by atoms with Crippen LogP contribution in [0.2, 0.25) is 0 Å². The lowest BCUT2D eigenvalue weighted by Crippen LogP contribution is -2.16. The minimum Gasteiger partial charge on any atom is -0.331 e. The number of fused-ring (bicyclic) bond motifs is 1. The lowest BCUT2D eigenvalue weighted by Gasteiger charge is -2.21. The first-order chi connectivity index (χ1) is 9.20. The number of nitrogens with one attached hydrogen (secondary N) is 1. The highest BCUT2D eigenvalue weighted by Gasteiger charge is 2.30. The van der Waals surface area contributed by atoms with Crippen molar-refractivity contribution in [1.82, 2.24) is 9.55 Å². The molecule has 1 heterocycles. The normalized spacial score (nSPS) is 23.3. The summed E-state index contributed by atoms with van der Waals surface area (Å²) in [5.74, 6) is 1.18. The molecular weight excluding hydrogens is 340 g/mol. The predicted octanol–water partition coefficient (Wildman–Crippen LogP) is 5.31. The van der Waals surface area contributed by atoms with E-state index in [4.69, 9.17) is 12.2 Å². The van der Waals surface area contributed by atoms with Gasteiger partial charge in [-0.2, -0.15) is 11.8 Å². The highest BCUT2D eigenvalue weighted by molar-refractivity contribution is 9.10. The van der Waals surface area contributed by atoms with Crippen LogP contribution in [0.5, 0.6) is 0 Å². The van der Waals surface area contributed by atoms with Crippen molar-refractivity contribution in [2.24, 2.45) is 0 Å². The van der Waals surface area contributed by atoms with Crippen molar-refractivity contribution in [3.8, 4) is 0 Å². The van der Waals surface area contributed by atoms with E-state index >= 15 is 0 Å². The Kier molecular flexibility index (Phi) is 4.06. The van der Waals surface area contributed by atoms with E-state index in [9.17, 15) is 0 Å². The average Bonchev–Trinajstić information content (AvgIpc) is 2.92. The zero-order valence-corrected chi connectivity index (χ0v) is 14.1. The maximum atomic E-state index is 5.55. The first-order valence-electron chi connectivity index (χ1n) is 6.72. The van der Waals surface area contributed by atoms with Crippen LogP contribution in [0.25, 0.3) is 11.0 Å². The van der Waals surface area contributed by atoms with Gasteiger partial charge in [-0.15, -0.1) is 0 Å². The minimum absolute atomic E-state index is 0.548. The highest BCUT2D eigenvalue weighted by Crippen LogP contribution is 2.40. The zero-order chi connectivity index (χ0) is 13.4. The number of imidazole rings is 1. The second-order valence-electron chi connectivity index (χ2n) is 4.95. The molecule has 1 aromatic carbocycles. The van der Waals surface area contributed by atoms with E-state index in [1.807, 2.05) is 0 Å². The smallest absolute Gasteiger partial charge is 0.178 e. The van der Waals surface area contributed by atoms with Crippen molar-refractivity contribution >= 4 is 50.9 Å². The molecule has 0 bridgehead atoms.